The lowest BCUT2D eigenvalue weighted by Gasteiger charge is -2.23. The molecule has 0 aromatic heterocycles. The van der Waals surface area contributed by atoms with E-state index in [0.29, 0.717) is 5.39 Å². The van der Waals surface area contributed by atoms with Gasteiger partial charge in [0.2, 0.25) is 0 Å². The first-order chi connectivity index (χ1) is 8.85. The molecule has 0 heterocycles. The van der Waals surface area contributed by atoms with Crippen LogP contribution in [0.4, 0.5) is 17.6 Å². The van der Waals surface area contributed by atoms with Crippen molar-refractivity contribution >= 4 is 26.7 Å². The van der Waals surface area contributed by atoms with E-state index in [9.17, 15) is 17.6 Å². The third-order valence-electron chi connectivity index (χ3n) is 3.08. The smallest absolute Gasteiger partial charge is 0.204 e. The van der Waals surface area contributed by atoms with Gasteiger partial charge < -0.3 is 0 Å². The minimum Gasteiger partial charge on any atom is -0.204 e. The molecular weight excluding hydrogens is 324 g/mol. The maximum absolute atomic E-state index is 13.5. The van der Waals surface area contributed by atoms with Crippen LogP contribution in [0.1, 0.15) is 16.0 Å². The van der Waals surface area contributed by atoms with Crippen molar-refractivity contribution in [3.8, 4) is 0 Å². The molecule has 2 aromatic rings. The summed E-state index contributed by atoms with van der Waals surface area (Å²) in [7, 11) is 0. The van der Waals surface area contributed by atoms with Crippen molar-refractivity contribution in [2.45, 2.75) is 24.1 Å². The number of alkyl halides is 5. The van der Waals surface area contributed by atoms with Crippen molar-refractivity contribution in [1.82, 2.24) is 0 Å². The summed E-state index contributed by atoms with van der Waals surface area (Å²) in [5.41, 5.74) is 1.09. The third kappa shape index (κ3) is 2.48. The van der Waals surface area contributed by atoms with Gasteiger partial charge in [-0.25, -0.2) is 8.78 Å². The standard InChI is InChI=1S/C14H11BrF4/c1-8-6-7-11(10-5-3-2-4-9(8)10)12(15)14(18,19)13(16)17/h2-7,12-13H,1H3. The molecular formula is C14H11BrF4. The summed E-state index contributed by atoms with van der Waals surface area (Å²) >= 11 is 2.72. The summed E-state index contributed by atoms with van der Waals surface area (Å²) < 4.78 is 51.8. The summed E-state index contributed by atoms with van der Waals surface area (Å²) in [5.74, 6) is -4.11. The van der Waals surface area contributed by atoms with Crippen LogP contribution in [-0.4, -0.2) is 12.3 Å². The lowest BCUT2D eigenvalue weighted by Crippen LogP contribution is -2.31. The Morgan fingerprint density at radius 2 is 1.58 bits per heavy atom. The number of aryl methyl sites for hydroxylation is 1. The molecule has 0 spiro atoms. The van der Waals surface area contributed by atoms with Crippen molar-refractivity contribution in [2.24, 2.45) is 0 Å². The Labute approximate surface area is 116 Å². The topological polar surface area (TPSA) is 0 Å². The molecule has 1 atom stereocenters. The van der Waals surface area contributed by atoms with Crippen LogP contribution in [0.3, 0.4) is 0 Å². The van der Waals surface area contributed by atoms with Crippen molar-refractivity contribution < 1.29 is 17.6 Å². The zero-order valence-corrected chi connectivity index (χ0v) is 11.6. The van der Waals surface area contributed by atoms with Crippen molar-refractivity contribution in [3.05, 3.63) is 47.5 Å². The monoisotopic (exact) mass is 334 g/mol. The van der Waals surface area contributed by atoms with Gasteiger partial charge in [-0.2, -0.15) is 8.78 Å². The van der Waals surface area contributed by atoms with E-state index in [-0.39, 0.29) is 5.56 Å². The molecule has 0 bridgehead atoms. The molecule has 0 saturated carbocycles. The van der Waals surface area contributed by atoms with E-state index in [2.05, 4.69) is 15.9 Å². The van der Waals surface area contributed by atoms with Crippen molar-refractivity contribution in [2.75, 3.05) is 0 Å². The first-order valence-electron chi connectivity index (χ1n) is 5.64. The minimum atomic E-state index is -4.11. The number of halogens is 5. The molecule has 0 amide bonds. The van der Waals surface area contributed by atoms with E-state index in [1.165, 1.54) is 6.07 Å². The molecule has 5 heteroatoms. The zero-order chi connectivity index (χ0) is 14.2. The fraction of sp³-hybridized carbons (Fsp3) is 0.286. The lowest BCUT2D eigenvalue weighted by molar-refractivity contribution is -0.127. The van der Waals surface area contributed by atoms with Crippen LogP contribution in [0.25, 0.3) is 10.8 Å². The Balaban J connectivity index is 2.61. The highest BCUT2D eigenvalue weighted by molar-refractivity contribution is 9.09. The molecule has 0 aliphatic heterocycles. The summed E-state index contributed by atoms with van der Waals surface area (Å²) in [6, 6.07) is 10.1. The molecule has 19 heavy (non-hydrogen) atoms. The van der Waals surface area contributed by atoms with E-state index in [1.54, 1.807) is 30.3 Å². The maximum Gasteiger partial charge on any atom is 0.323 e. The molecule has 0 saturated heterocycles. The van der Waals surface area contributed by atoms with Crippen LogP contribution in [0.15, 0.2) is 36.4 Å². The highest BCUT2D eigenvalue weighted by Gasteiger charge is 2.48. The van der Waals surface area contributed by atoms with Crippen LogP contribution in [0, 0.1) is 6.92 Å². The van der Waals surface area contributed by atoms with Crippen LogP contribution in [0.2, 0.25) is 0 Å². The molecule has 0 nitrogen and oxygen atoms in total. The van der Waals surface area contributed by atoms with Gasteiger partial charge in [-0.05, 0) is 28.8 Å². The first-order valence-corrected chi connectivity index (χ1v) is 6.55. The van der Waals surface area contributed by atoms with Crippen LogP contribution < -0.4 is 0 Å². The first kappa shape index (κ1) is 14.3. The van der Waals surface area contributed by atoms with E-state index < -0.39 is 17.2 Å². The van der Waals surface area contributed by atoms with Crippen LogP contribution >= 0.6 is 15.9 Å². The van der Waals surface area contributed by atoms with E-state index in [4.69, 9.17) is 0 Å². The Bertz CT molecular complexity index is 595. The summed E-state index contributed by atoms with van der Waals surface area (Å²) in [4.78, 5) is -1.72. The third-order valence-corrected chi connectivity index (χ3v) is 4.18. The van der Waals surface area contributed by atoms with Gasteiger partial charge in [0.1, 0.15) is 4.83 Å². The number of benzene rings is 2. The molecule has 0 aliphatic carbocycles. The summed E-state index contributed by atoms with van der Waals surface area (Å²) in [6.45, 7) is 1.85. The average Bonchev–Trinajstić information content (AvgIpc) is 2.38. The SMILES string of the molecule is Cc1ccc(C(Br)C(F)(F)C(F)F)c2ccccc12. The molecule has 0 N–H and O–H groups in total. The summed E-state index contributed by atoms with van der Waals surface area (Å²) in [5, 5.41) is 1.35. The Morgan fingerprint density at radius 3 is 2.16 bits per heavy atom. The van der Waals surface area contributed by atoms with Crippen molar-refractivity contribution in [1.29, 1.82) is 0 Å². The van der Waals surface area contributed by atoms with Gasteiger partial charge in [0.05, 0.1) is 0 Å². The fourth-order valence-corrected chi connectivity index (χ4v) is 2.61. The molecule has 2 rings (SSSR count). The van der Waals surface area contributed by atoms with Gasteiger partial charge in [-0.15, -0.1) is 0 Å². The number of rotatable bonds is 3. The largest absolute Gasteiger partial charge is 0.323 e. The van der Waals surface area contributed by atoms with Gasteiger partial charge in [0.15, 0.2) is 0 Å². The Kier molecular flexibility index (Phi) is 3.85. The normalized spacial score (nSPS) is 14.1. The predicted molar refractivity (Wildman–Crippen MR) is 71.3 cm³/mol. The second-order valence-corrected chi connectivity index (χ2v) is 5.27. The van der Waals surface area contributed by atoms with Gasteiger partial charge in [0, 0.05) is 0 Å². The second-order valence-electron chi connectivity index (χ2n) is 4.36. The zero-order valence-electron chi connectivity index (χ0n) is 10.0. The van der Waals surface area contributed by atoms with Gasteiger partial charge in [0.25, 0.3) is 0 Å². The number of hydrogen-bond donors (Lipinski definition) is 0. The quantitative estimate of drug-likeness (QED) is 0.514. The molecule has 0 fully saturated rings. The van der Waals surface area contributed by atoms with Crippen LogP contribution in [-0.2, 0) is 0 Å². The molecule has 102 valence electrons. The summed E-state index contributed by atoms with van der Waals surface area (Å²) in [6.07, 6.45) is -3.71. The Hall–Kier alpha value is -1.10. The minimum absolute atomic E-state index is 0.173. The number of hydrogen-bond acceptors (Lipinski definition) is 0. The molecule has 0 radical (unpaired) electrons. The predicted octanol–water partition coefficient (Wildman–Crippen LogP) is 5.48. The number of fused-ring (bicyclic) bond motifs is 1. The second kappa shape index (κ2) is 5.12. The van der Waals surface area contributed by atoms with Crippen molar-refractivity contribution in [3.63, 3.8) is 0 Å². The van der Waals surface area contributed by atoms with E-state index in [1.807, 2.05) is 6.92 Å². The van der Waals surface area contributed by atoms with Gasteiger partial charge in [-0.1, -0.05) is 52.3 Å². The fourth-order valence-electron chi connectivity index (χ4n) is 2.01. The lowest BCUT2D eigenvalue weighted by atomic mass is 9.96. The van der Waals surface area contributed by atoms with E-state index in [0.717, 1.165) is 10.9 Å². The molecule has 2 aromatic carbocycles. The van der Waals surface area contributed by atoms with Gasteiger partial charge >= 0.3 is 12.3 Å². The average molecular weight is 335 g/mol. The highest BCUT2D eigenvalue weighted by Crippen LogP contribution is 2.45. The van der Waals surface area contributed by atoms with Crippen LogP contribution in [0.5, 0.6) is 0 Å². The Morgan fingerprint density at radius 1 is 1.00 bits per heavy atom. The highest BCUT2D eigenvalue weighted by atomic mass is 79.9. The van der Waals surface area contributed by atoms with E-state index >= 15 is 0 Å². The maximum atomic E-state index is 13.5. The molecule has 0 aliphatic rings. The molecule has 1 unspecified atom stereocenters. The van der Waals surface area contributed by atoms with Gasteiger partial charge in [-0.3, -0.25) is 0 Å².